The molecule has 0 aliphatic carbocycles. The highest BCUT2D eigenvalue weighted by molar-refractivity contribution is 5.19. The van der Waals surface area contributed by atoms with Crippen LogP contribution < -0.4 is 0 Å². The van der Waals surface area contributed by atoms with Gasteiger partial charge >= 0.3 is 0 Å². The second-order valence-corrected chi connectivity index (χ2v) is 6.05. The Hall–Kier alpha value is -1.58. The number of nitrogens with zero attached hydrogens (tertiary/aromatic N) is 2. The van der Waals surface area contributed by atoms with Gasteiger partial charge < -0.3 is 4.42 Å². The first-order chi connectivity index (χ1) is 10.3. The van der Waals surface area contributed by atoms with E-state index >= 15 is 0 Å². The lowest BCUT2D eigenvalue weighted by Gasteiger charge is -2.35. The Bertz CT molecular complexity index is 536. The highest BCUT2D eigenvalue weighted by Gasteiger charge is 2.34. The lowest BCUT2D eigenvalue weighted by atomic mass is 10.0. The van der Waals surface area contributed by atoms with Gasteiger partial charge in [0.2, 0.25) is 0 Å². The molecule has 0 amide bonds. The van der Waals surface area contributed by atoms with E-state index in [1.165, 1.54) is 18.4 Å². The molecule has 21 heavy (non-hydrogen) atoms. The van der Waals surface area contributed by atoms with E-state index in [1.807, 2.05) is 6.07 Å². The Balaban J connectivity index is 1.86. The number of hydrogen-bond donors (Lipinski definition) is 0. The minimum Gasteiger partial charge on any atom is -0.468 e. The van der Waals surface area contributed by atoms with Crippen molar-refractivity contribution in [2.45, 2.75) is 31.5 Å². The zero-order chi connectivity index (χ0) is 14.7. The smallest absolute Gasteiger partial charge is 0.121 e. The predicted octanol–water partition coefficient (Wildman–Crippen LogP) is 3.55. The molecule has 1 aliphatic heterocycles. The lowest BCUT2D eigenvalue weighted by molar-refractivity contribution is 0.0683. The van der Waals surface area contributed by atoms with Crippen LogP contribution in [0.5, 0.6) is 0 Å². The topological polar surface area (TPSA) is 19.6 Å². The van der Waals surface area contributed by atoms with E-state index in [2.05, 4.69) is 60.3 Å². The Morgan fingerprint density at radius 2 is 2.00 bits per heavy atom. The highest BCUT2D eigenvalue weighted by Crippen LogP contribution is 2.33. The van der Waals surface area contributed by atoms with E-state index < -0.39 is 0 Å². The van der Waals surface area contributed by atoms with Gasteiger partial charge in [-0.05, 0) is 51.1 Å². The van der Waals surface area contributed by atoms with Crippen LogP contribution in [0.1, 0.15) is 30.2 Å². The SMILES string of the molecule is CN(C)C1CCCN1C(Cc1ccccc1)c1ccco1. The fourth-order valence-corrected chi connectivity index (χ4v) is 3.39. The minimum absolute atomic E-state index is 0.317. The fraction of sp³-hybridized carbons (Fsp3) is 0.444. The number of furan rings is 1. The Kier molecular flexibility index (Phi) is 4.42. The van der Waals surface area contributed by atoms with Crippen LogP contribution in [0.25, 0.3) is 0 Å². The van der Waals surface area contributed by atoms with E-state index in [-0.39, 0.29) is 0 Å². The first-order valence-corrected chi connectivity index (χ1v) is 7.75. The van der Waals surface area contributed by atoms with Crippen molar-refractivity contribution in [3.05, 3.63) is 60.1 Å². The summed E-state index contributed by atoms with van der Waals surface area (Å²) in [7, 11) is 4.34. The Labute approximate surface area is 127 Å². The Morgan fingerprint density at radius 3 is 2.67 bits per heavy atom. The first kappa shape index (κ1) is 14.4. The average molecular weight is 284 g/mol. The summed E-state index contributed by atoms with van der Waals surface area (Å²) >= 11 is 0. The molecular formula is C18H24N2O. The van der Waals surface area contributed by atoms with Crippen molar-refractivity contribution in [3.8, 4) is 0 Å². The molecule has 0 radical (unpaired) electrons. The third-order valence-electron chi connectivity index (χ3n) is 4.40. The molecule has 3 nitrogen and oxygen atoms in total. The lowest BCUT2D eigenvalue weighted by Crippen LogP contribution is -2.43. The number of benzene rings is 1. The molecule has 1 aromatic heterocycles. The molecule has 1 aliphatic rings. The second kappa shape index (κ2) is 6.46. The summed E-state index contributed by atoms with van der Waals surface area (Å²) in [5.41, 5.74) is 1.36. The molecule has 3 heteroatoms. The van der Waals surface area contributed by atoms with Gasteiger partial charge in [0.25, 0.3) is 0 Å². The molecular weight excluding hydrogens is 260 g/mol. The van der Waals surface area contributed by atoms with Crippen LogP contribution >= 0.6 is 0 Å². The van der Waals surface area contributed by atoms with E-state index in [4.69, 9.17) is 4.42 Å². The molecule has 0 spiro atoms. The van der Waals surface area contributed by atoms with Gasteiger partial charge in [0.1, 0.15) is 5.76 Å². The van der Waals surface area contributed by atoms with Crippen molar-refractivity contribution in [2.24, 2.45) is 0 Å². The molecule has 2 unspecified atom stereocenters. The number of hydrogen-bond acceptors (Lipinski definition) is 3. The molecule has 1 aromatic carbocycles. The number of rotatable bonds is 5. The molecule has 3 rings (SSSR count). The van der Waals surface area contributed by atoms with Crippen molar-refractivity contribution in [3.63, 3.8) is 0 Å². The summed E-state index contributed by atoms with van der Waals surface area (Å²) in [5.74, 6) is 1.08. The molecule has 0 N–H and O–H groups in total. The Morgan fingerprint density at radius 1 is 1.19 bits per heavy atom. The minimum atomic E-state index is 0.317. The standard InChI is InChI=1S/C18H24N2O/c1-19(2)18-11-6-12-20(18)16(17-10-7-13-21-17)14-15-8-4-3-5-9-15/h3-5,7-10,13,16,18H,6,11-12,14H2,1-2H3. The summed E-state index contributed by atoms with van der Waals surface area (Å²) < 4.78 is 5.75. The molecule has 1 fully saturated rings. The van der Waals surface area contributed by atoms with E-state index in [0.717, 1.165) is 18.7 Å². The molecule has 2 heterocycles. The average Bonchev–Trinajstić information content (AvgIpc) is 3.17. The molecule has 2 aromatic rings. The summed E-state index contributed by atoms with van der Waals surface area (Å²) in [6, 6.07) is 15.1. The van der Waals surface area contributed by atoms with Gasteiger partial charge in [-0.15, -0.1) is 0 Å². The summed E-state index contributed by atoms with van der Waals surface area (Å²) in [5, 5.41) is 0. The number of likely N-dealkylation sites (tertiary alicyclic amines) is 1. The maximum atomic E-state index is 5.75. The highest BCUT2D eigenvalue weighted by atomic mass is 16.3. The van der Waals surface area contributed by atoms with Crippen molar-refractivity contribution in [1.82, 2.24) is 9.80 Å². The van der Waals surface area contributed by atoms with E-state index in [9.17, 15) is 0 Å². The van der Waals surface area contributed by atoms with Crippen molar-refractivity contribution in [1.29, 1.82) is 0 Å². The van der Waals surface area contributed by atoms with Gasteiger partial charge in [0.15, 0.2) is 0 Å². The zero-order valence-corrected chi connectivity index (χ0v) is 12.9. The maximum absolute atomic E-state index is 5.75. The monoisotopic (exact) mass is 284 g/mol. The van der Waals surface area contributed by atoms with Gasteiger partial charge in [-0.25, -0.2) is 0 Å². The molecule has 0 saturated carbocycles. The van der Waals surface area contributed by atoms with E-state index in [0.29, 0.717) is 12.2 Å². The van der Waals surface area contributed by atoms with Crippen LogP contribution in [0, 0.1) is 0 Å². The molecule has 0 bridgehead atoms. The quantitative estimate of drug-likeness (QED) is 0.837. The van der Waals surface area contributed by atoms with Crippen LogP contribution in [0.15, 0.2) is 53.1 Å². The zero-order valence-electron chi connectivity index (χ0n) is 12.9. The van der Waals surface area contributed by atoms with Crippen LogP contribution in [-0.2, 0) is 6.42 Å². The van der Waals surface area contributed by atoms with Crippen LogP contribution in [-0.4, -0.2) is 36.6 Å². The van der Waals surface area contributed by atoms with E-state index in [1.54, 1.807) is 6.26 Å². The normalized spacial score (nSPS) is 21.0. The van der Waals surface area contributed by atoms with Crippen molar-refractivity contribution < 1.29 is 4.42 Å². The molecule has 1 saturated heterocycles. The van der Waals surface area contributed by atoms with Crippen LogP contribution in [0.4, 0.5) is 0 Å². The van der Waals surface area contributed by atoms with Gasteiger partial charge in [-0.1, -0.05) is 30.3 Å². The van der Waals surface area contributed by atoms with Gasteiger partial charge in [-0.3, -0.25) is 9.80 Å². The summed E-state index contributed by atoms with van der Waals surface area (Å²) in [6.45, 7) is 1.14. The van der Waals surface area contributed by atoms with Crippen molar-refractivity contribution in [2.75, 3.05) is 20.6 Å². The third kappa shape index (κ3) is 3.20. The van der Waals surface area contributed by atoms with Gasteiger partial charge in [-0.2, -0.15) is 0 Å². The largest absolute Gasteiger partial charge is 0.468 e. The van der Waals surface area contributed by atoms with Gasteiger partial charge in [0.05, 0.1) is 18.5 Å². The predicted molar refractivity (Wildman–Crippen MR) is 85.0 cm³/mol. The molecule has 2 atom stereocenters. The fourth-order valence-electron chi connectivity index (χ4n) is 3.39. The first-order valence-electron chi connectivity index (χ1n) is 7.75. The third-order valence-corrected chi connectivity index (χ3v) is 4.40. The second-order valence-electron chi connectivity index (χ2n) is 6.05. The molecule has 112 valence electrons. The van der Waals surface area contributed by atoms with Crippen molar-refractivity contribution >= 4 is 0 Å². The van der Waals surface area contributed by atoms with Gasteiger partial charge in [0, 0.05) is 6.54 Å². The maximum Gasteiger partial charge on any atom is 0.121 e. The van der Waals surface area contributed by atoms with Crippen LogP contribution in [0.3, 0.4) is 0 Å². The summed E-state index contributed by atoms with van der Waals surface area (Å²) in [6.07, 6.45) is 5.78. The summed E-state index contributed by atoms with van der Waals surface area (Å²) in [4.78, 5) is 4.92. The van der Waals surface area contributed by atoms with Crippen LogP contribution in [0.2, 0.25) is 0 Å².